The molecule has 0 spiro atoms. The second kappa shape index (κ2) is 8.65. The summed E-state index contributed by atoms with van der Waals surface area (Å²) in [7, 11) is 1.63. The van der Waals surface area contributed by atoms with Crippen molar-refractivity contribution in [3.05, 3.63) is 88.3 Å². The monoisotopic (exact) mass is 444 g/mol. The molecule has 0 aliphatic heterocycles. The molecular weight excluding hydrogens is 424 g/mol. The quantitative estimate of drug-likeness (QED) is 0.431. The third-order valence-electron chi connectivity index (χ3n) is 5.65. The number of hydrogen-bond donors (Lipinski definition) is 0. The SMILES string of the molecule is COCc1nn2c3c(nnc2c1-c1ccc(Cl)cc1)C(=O)C[C@H](/C=C/c1ccccc1)C3. The van der Waals surface area contributed by atoms with E-state index in [4.69, 9.17) is 21.4 Å². The average molecular weight is 445 g/mol. The summed E-state index contributed by atoms with van der Waals surface area (Å²) >= 11 is 6.08. The van der Waals surface area contributed by atoms with E-state index in [0.29, 0.717) is 35.8 Å². The second-order valence-electron chi connectivity index (χ2n) is 7.85. The molecule has 0 saturated heterocycles. The van der Waals surface area contributed by atoms with Crippen molar-refractivity contribution in [2.24, 2.45) is 5.92 Å². The minimum Gasteiger partial charge on any atom is -0.378 e. The van der Waals surface area contributed by atoms with E-state index in [2.05, 4.69) is 22.3 Å². The van der Waals surface area contributed by atoms with Gasteiger partial charge in [-0.2, -0.15) is 5.10 Å². The minimum atomic E-state index is -0.0137. The number of benzene rings is 2. The zero-order valence-electron chi connectivity index (χ0n) is 17.5. The molecule has 1 aliphatic rings. The number of rotatable bonds is 5. The van der Waals surface area contributed by atoms with E-state index >= 15 is 0 Å². The van der Waals surface area contributed by atoms with Crippen LogP contribution in [0.25, 0.3) is 22.9 Å². The van der Waals surface area contributed by atoms with Crippen LogP contribution in [0.1, 0.15) is 33.9 Å². The van der Waals surface area contributed by atoms with Crippen LogP contribution in [0, 0.1) is 5.92 Å². The van der Waals surface area contributed by atoms with E-state index in [1.165, 1.54) is 0 Å². The van der Waals surface area contributed by atoms with Crippen LogP contribution in [-0.4, -0.2) is 32.7 Å². The fourth-order valence-electron chi connectivity index (χ4n) is 4.14. The zero-order chi connectivity index (χ0) is 22.1. The van der Waals surface area contributed by atoms with Crippen LogP contribution in [0.15, 0.2) is 60.7 Å². The molecule has 0 radical (unpaired) electrons. The Morgan fingerprint density at radius 2 is 1.88 bits per heavy atom. The minimum absolute atomic E-state index is 0.0137. The molecule has 4 aromatic rings. The standard InChI is InChI=1S/C25H21ClN4O2/c1-32-15-20-23(18-9-11-19(26)12-10-18)25-28-27-24-21(30(25)29-20)13-17(14-22(24)31)8-7-16-5-3-2-4-6-16/h2-12,17H,13-15H2,1H3/b8-7+/t17-/m1/s1. The second-order valence-corrected chi connectivity index (χ2v) is 8.29. The van der Waals surface area contributed by atoms with Crippen LogP contribution in [-0.2, 0) is 17.8 Å². The van der Waals surface area contributed by atoms with Gasteiger partial charge in [-0.1, -0.05) is 66.2 Å². The first-order chi connectivity index (χ1) is 15.6. The van der Waals surface area contributed by atoms with Crippen LogP contribution < -0.4 is 0 Å². The van der Waals surface area contributed by atoms with Crippen molar-refractivity contribution in [2.75, 3.05) is 7.11 Å². The maximum Gasteiger partial charge on any atom is 0.185 e. The fraction of sp³-hybridized carbons (Fsp3) is 0.200. The molecule has 0 amide bonds. The Morgan fingerprint density at radius 3 is 2.62 bits per heavy atom. The molecular formula is C25H21ClN4O2. The number of ketones is 1. The van der Waals surface area contributed by atoms with Crippen molar-refractivity contribution in [3.63, 3.8) is 0 Å². The zero-order valence-corrected chi connectivity index (χ0v) is 18.3. The van der Waals surface area contributed by atoms with E-state index in [0.717, 1.165) is 28.1 Å². The van der Waals surface area contributed by atoms with Gasteiger partial charge in [-0.3, -0.25) is 4.79 Å². The largest absolute Gasteiger partial charge is 0.378 e. The summed E-state index contributed by atoms with van der Waals surface area (Å²) in [4.78, 5) is 12.9. The first kappa shape index (κ1) is 20.5. The van der Waals surface area contributed by atoms with Crippen LogP contribution >= 0.6 is 11.6 Å². The highest BCUT2D eigenvalue weighted by molar-refractivity contribution is 6.30. The molecule has 5 rings (SSSR count). The predicted octanol–water partition coefficient (Wildman–Crippen LogP) is 5.05. The highest BCUT2D eigenvalue weighted by Crippen LogP contribution is 2.32. The summed E-state index contributed by atoms with van der Waals surface area (Å²) < 4.78 is 7.15. The number of aromatic nitrogens is 4. The lowest BCUT2D eigenvalue weighted by molar-refractivity contribution is 0.0950. The van der Waals surface area contributed by atoms with Gasteiger partial charge in [-0.15, -0.1) is 10.2 Å². The highest BCUT2D eigenvalue weighted by atomic mass is 35.5. The van der Waals surface area contributed by atoms with Crippen LogP contribution in [0.3, 0.4) is 0 Å². The number of allylic oxidation sites excluding steroid dienone is 1. The number of carbonyl (C=O) groups is 1. The molecule has 1 aliphatic carbocycles. The molecule has 32 heavy (non-hydrogen) atoms. The molecule has 0 bridgehead atoms. The lowest BCUT2D eigenvalue weighted by Crippen LogP contribution is -2.24. The molecule has 2 aromatic heterocycles. The third kappa shape index (κ3) is 3.83. The summed E-state index contributed by atoms with van der Waals surface area (Å²) in [6.07, 6.45) is 5.23. The molecule has 7 heteroatoms. The van der Waals surface area contributed by atoms with E-state index in [1.54, 1.807) is 11.6 Å². The Hall–Kier alpha value is -3.35. The van der Waals surface area contributed by atoms with Crippen LogP contribution in [0.2, 0.25) is 5.02 Å². The van der Waals surface area contributed by atoms with Gasteiger partial charge in [0.05, 0.1) is 23.6 Å². The number of nitrogens with zero attached hydrogens (tertiary/aromatic N) is 4. The van der Waals surface area contributed by atoms with Crippen LogP contribution in [0.5, 0.6) is 0 Å². The Labute approximate surface area is 190 Å². The summed E-state index contributed by atoms with van der Waals surface area (Å²) in [5.74, 6) is 0.0526. The molecule has 0 saturated carbocycles. The maximum atomic E-state index is 12.9. The Balaban J connectivity index is 1.59. The molecule has 6 nitrogen and oxygen atoms in total. The van der Waals surface area contributed by atoms with Gasteiger partial charge in [-0.05, 0) is 35.6 Å². The first-order valence-electron chi connectivity index (χ1n) is 10.4. The van der Waals surface area contributed by atoms with Crippen molar-refractivity contribution < 1.29 is 9.53 Å². The van der Waals surface area contributed by atoms with Crippen molar-refractivity contribution in [2.45, 2.75) is 19.4 Å². The number of ether oxygens (including phenoxy) is 1. The van der Waals surface area contributed by atoms with Gasteiger partial charge in [0.1, 0.15) is 0 Å². The number of fused-ring (bicyclic) bond motifs is 3. The van der Waals surface area contributed by atoms with Gasteiger partial charge < -0.3 is 4.74 Å². The molecule has 0 unspecified atom stereocenters. The highest BCUT2D eigenvalue weighted by Gasteiger charge is 2.30. The maximum absolute atomic E-state index is 12.9. The molecule has 160 valence electrons. The summed E-state index contributed by atoms with van der Waals surface area (Å²) in [5, 5.41) is 14.1. The summed E-state index contributed by atoms with van der Waals surface area (Å²) in [5.41, 5.74) is 5.41. The van der Waals surface area contributed by atoms with Crippen molar-refractivity contribution in [3.8, 4) is 11.1 Å². The van der Waals surface area contributed by atoms with Crippen LogP contribution in [0.4, 0.5) is 0 Å². The van der Waals surface area contributed by atoms with Gasteiger partial charge in [0.15, 0.2) is 17.1 Å². The summed E-state index contributed by atoms with van der Waals surface area (Å²) in [6.45, 7) is 0.321. The Morgan fingerprint density at radius 1 is 1.09 bits per heavy atom. The van der Waals surface area contributed by atoms with Crippen molar-refractivity contribution >= 4 is 29.1 Å². The van der Waals surface area contributed by atoms with Gasteiger partial charge in [0.25, 0.3) is 0 Å². The van der Waals surface area contributed by atoms with Gasteiger partial charge >= 0.3 is 0 Å². The molecule has 0 N–H and O–H groups in total. The normalized spacial score (nSPS) is 16.1. The lowest BCUT2D eigenvalue weighted by atomic mass is 9.88. The van der Waals surface area contributed by atoms with Gasteiger partial charge in [-0.25, -0.2) is 4.52 Å². The van der Waals surface area contributed by atoms with Crippen molar-refractivity contribution in [1.82, 2.24) is 19.8 Å². The number of carbonyl (C=O) groups excluding carboxylic acids is 1. The van der Waals surface area contributed by atoms with E-state index in [1.807, 2.05) is 54.6 Å². The fourth-order valence-corrected chi connectivity index (χ4v) is 4.27. The van der Waals surface area contributed by atoms with E-state index in [9.17, 15) is 4.79 Å². The molecule has 0 fully saturated rings. The van der Waals surface area contributed by atoms with Gasteiger partial charge in [0, 0.05) is 18.6 Å². The Bertz CT molecular complexity index is 1310. The molecule has 2 heterocycles. The number of hydrogen-bond acceptors (Lipinski definition) is 5. The number of methoxy groups -OCH3 is 1. The lowest BCUT2D eigenvalue weighted by Gasteiger charge is -2.20. The van der Waals surface area contributed by atoms with Gasteiger partial charge in [0.2, 0.25) is 0 Å². The molecule has 1 atom stereocenters. The predicted molar refractivity (Wildman–Crippen MR) is 124 cm³/mol. The third-order valence-corrected chi connectivity index (χ3v) is 5.90. The summed E-state index contributed by atoms with van der Waals surface area (Å²) in [6, 6.07) is 17.6. The number of halogens is 1. The molecule has 2 aromatic carbocycles. The van der Waals surface area contributed by atoms with E-state index < -0.39 is 0 Å². The average Bonchev–Trinajstić information content (AvgIpc) is 3.18. The topological polar surface area (TPSA) is 69.4 Å². The van der Waals surface area contributed by atoms with E-state index in [-0.39, 0.29) is 11.7 Å². The smallest absolute Gasteiger partial charge is 0.185 e. The Kier molecular flexibility index (Phi) is 5.55. The number of Topliss-reactive ketones (excluding diaryl/α,β-unsaturated/α-hetero) is 1. The first-order valence-corrected chi connectivity index (χ1v) is 10.8. The van der Waals surface area contributed by atoms with Crippen molar-refractivity contribution in [1.29, 1.82) is 0 Å².